The summed E-state index contributed by atoms with van der Waals surface area (Å²) in [6, 6.07) is 3.21. The smallest absolute Gasteiger partial charge is 0.287 e. The number of furan rings is 1. The molecule has 16 heavy (non-hydrogen) atoms. The first-order chi connectivity index (χ1) is 7.66. The normalized spacial score (nSPS) is 12.4. The molecule has 84 valence electrons. The number of hydrogen-bond acceptors (Lipinski definition) is 4. The van der Waals surface area contributed by atoms with E-state index in [1.54, 1.807) is 23.5 Å². The van der Waals surface area contributed by atoms with Gasteiger partial charge in [0.15, 0.2) is 5.76 Å². The van der Waals surface area contributed by atoms with Crippen molar-refractivity contribution in [2.75, 3.05) is 0 Å². The molecule has 1 atom stereocenters. The number of carbonyl (C=O) groups excluding carboxylic acids is 1. The van der Waals surface area contributed by atoms with Crippen molar-refractivity contribution < 1.29 is 9.21 Å². The zero-order valence-corrected chi connectivity index (χ0v) is 9.88. The molecule has 2 rings (SSSR count). The van der Waals surface area contributed by atoms with Crippen LogP contribution in [0.4, 0.5) is 0 Å². The van der Waals surface area contributed by atoms with Crippen LogP contribution in [0.2, 0.25) is 0 Å². The van der Waals surface area contributed by atoms with E-state index in [4.69, 9.17) is 4.42 Å². The summed E-state index contributed by atoms with van der Waals surface area (Å²) in [4.78, 5) is 16.0. The summed E-state index contributed by atoms with van der Waals surface area (Å²) in [7, 11) is 0. The number of thiazole rings is 1. The molecular formula is C11H12N2O2S. The van der Waals surface area contributed by atoms with Crippen LogP contribution in [-0.2, 0) is 0 Å². The van der Waals surface area contributed by atoms with Crippen molar-refractivity contribution in [2.45, 2.75) is 19.9 Å². The zero-order valence-electron chi connectivity index (χ0n) is 9.06. The molecule has 1 amide bonds. The fourth-order valence-corrected chi connectivity index (χ4v) is 2.03. The number of aromatic nitrogens is 1. The van der Waals surface area contributed by atoms with E-state index in [9.17, 15) is 4.79 Å². The van der Waals surface area contributed by atoms with Crippen LogP contribution < -0.4 is 5.32 Å². The van der Waals surface area contributed by atoms with Gasteiger partial charge in [0.2, 0.25) is 0 Å². The molecule has 0 spiro atoms. The van der Waals surface area contributed by atoms with Crippen LogP contribution in [-0.4, -0.2) is 10.9 Å². The lowest BCUT2D eigenvalue weighted by Crippen LogP contribution is -2.26. The number of amides is 1. The van der Waals surface area contributed by atoms with Gasteiger partial charge >= 0.3 is 0 Å². The molecule has 0 radical (unpaired) electrons. The van der Waals surface area contributed by atoms with Crippen LogP contribution in [0.1, 0.15) is 34.2 Å². The lowest BCUT2D eigenvalue weighted by molar-refractivity contribution is 0.0911. The van der Waals surface area contributed by atoms with Gasteiger partial charge in [0, 0.05) is 5.38 Å². The van der Waals surface area contributed by atoms with Crippen LogP contribution in [0.3, 0.4) is 0 Å². The van der Waals surface area contributed by atoms with Gasteiger partial charge < -0.3 is 9.73 Å². The summed E-state index contributed by atoms with van der Waals surface area (Å²) in [5, 5.41) is 5.76. The fourth-order valence-electron chi connectivity index (χ4n) is 1.33. The zero-order chi connectivity index (χ0) is 11.5. The van der Waals surface area contributed by atoms with E-state index in [-0.39, 0.29) is 11.9 Å². The number of nitrogens with one attached hydrogen (secondary N) is 1. The van der Waals surface area contributed by atoms with Gasteiger partial charge in [-0.25, -0.2) is 4.98 Å². The molecule has 0 saturated carbocycles. The first-order valence-electron chi connectivity index (χ1n) is 4.93. The molecule has 2 aromatic heterocycles. The lowest BCUT2D eigenvalue weighted by atomic mass is 10.2. The van der Waals surface area contributed by atoms with Gasteiger partial charge in [-0.1, -0.05) is 0 Å². The van der Waals surface area contributed by atoms with Gasteiger partial charge in [-0.15, -0.1) is 11.3 Å². The largest absolute Gasteiger partial charge is 0.459 e. The maximum Gasteiger partial charge on any atom is 0.287 e. The molecule has 0 aliphatic heterocycles. The molecule has 0 bridgehead atoms. The predicted octanol–water partition coefficient (Wildman–Crippen LogP) is 2.54. The lowest BCUT2D eigenvalue weighted by Gasteiger charge is -2.09. The average Bonchev–Trinajstić information content (AvgIpc) is 2.87. The summed E-state index contributed by atoms with van der Waals surface area (Å²) >= 11 is 1.57. The Kier molecular flexibility index (Phi) is 3.05. The van der Waals surface area contributed by atoms with Gasteiger partial charge in [-0.05, 0) is 26.0 Å². The second-order valence-corrected chi connectivity index (χ2v) is 4.53. The minimum atomic E-state index is -0.219. The molecule has 0 saturated heterocycles. The molecule has 0 aliphatic rings. The maximum atomic E-state index is 11.7. The van der Waals surface area contributed by atoms with E-state index in [0.29, 0.717) is 5.76 Å². The van der Waals surface area contributed by atoms with Gasteiger partial charge in [0.25, 0.3) is 5.91 Å². The van der Waals surface area contributed by atoms with E-state index in [2.05, 4.69) is 10.3 Å². The van der Waals surface area contributed by atoms with Crippen LogP contribution in [0.15, 0.2) is 28.2 Å². The third kappa shape index (κ3) is 2.30. The summed E-state index contributed by atoms with van der Waals surface area (Å²) < 4.78 is 5.01. The van der Waals surface area contributed by atoms with Crippen LogP contribution >= 0.6 is 11.3 Å². The highest BCUT2D eigenvalue weighted by Gasteiger charge is 2.14. The Labute approximate surface area is 97.3 Å². The summed E-state index contributed by atoms with van der Waals surface area (Å²) in [5.41, 5.74) is 0.877. The van der Waals surface area contributed by atoms with E-state index in [0.717, 1.165) is 10.7 Å². The molecule has 0 aromatic carbocycles. The first-order valence-corrected chi connectivity index (χ1v) is 5.81. The topological polar surface area (TPSA) is 55.1 Å². The molecule has 2 heterocycles. The third-order valence-corrected chi connectivity index (χ3v) is 2.96. The second-order valence-electron chi connectivity index (χ2n) is 3.46. The Morgan fingerprint density at radius 2 is 2.44 bits per heavy atom. The van der Waals surface area contributed by atoms with Crippen molar-refractivity contribution in [1.29, 1.82) is 0 Å². The maximum absolute atomic E-state index is 11.7. The number of rotatable bonds is 3. The number of nitrogens with zero attached hydrogens (tertiary/aromatic N) is 1. The van der Waals surface area contributed by atoms with Gasteiger partial charge in [0.05, 0.1) is 23.0 Å². The van der Waals surface area contributed by atoms with Gasteiger partial charge in [0.1, 0.15) is 0 Å². The van der Waals surface area contributed by atoms with Crippen molar-refractivity contribution >= 4 is 17.2 Å². The second kappa shape index (κ2) is 4.49. The number of carbonyl (C=O) groups is 1. The van der Waals surface area contributed by atoms with Crippen LogP contribution in [0.5, 0.6) is 0 Å². The third-order valence-electron chi connectivity index (χ3n) is 2.17. The first kappa shape index (κ1) is 10.9. The number of aryl methyl sites for hydroxylation is 1. The molecule has 0 fully saturated rings. The molecular weight excluding hydrogens is 224 g/mol. The Balaban J connectivity index is 2.03. The molecule has 5 heteroatoms. The van der Waals surface area contributed by atoms with Crippen molar-refractivity contribution in [3.05, 3.63) is 40.2 Å². The van der Waals surface area contributed by atoms with Gasteiger partial charge in [-0.3, -0.25) is 4.79 Å². The number of hydrogen-bond donors (Lipinski definition) is 1. The summed E-state index contributed by atoms with van der Waals surface area (Å²) in [6.07, 6.45) is 1.48. The Morgan fingerprint density at radius 1 is 1.62 bits per heavy atom. The van der Waals surface area contributed by atoms with Crippen molar-refractivity contribution in [2.24, 2.45) is 0 Å². The molecule has 2 aromatic rings. The molecule has 0 aliphatic carbocycles. The van der Waals surface area contributed by atoms with Crippen LogP contribution in [0, 0.1) is 6.92 Å². The van der Waals surface area contributed by atoms with Gasteiger partial charge in [-0.2, -0.15) is 0 Å². The van der Waals surface area contributed by atoms with Crippen molar-refractivity contribution in [3.63, 3.8) is 0 Å². The summed E-state index contributed by atoms with van der Waals surface area (Å²) in [5.74, 6) is 0.0990. The van der Waals surface area contributed by atoms with E-state index >= 15 is 0 Å². The van der Waals surface area contributed by atoms with E-state index in [1.165, 1.54) is 6.26 Å². The van der Waals surface area contributed by atoms with Crippen LogP contribution in [0.25, 0.3) is 0 Å². The predicted molar refractivity (Wildman–Crippen MR) is 61.4 cm³/mol. The monoisotopic (exact) mass is 236 g/mol. The SMILES string of the molecule is Cc1nc(C(C)NC(=O)c2ccco2)cs1. The quantitative estimate of drug-likeness (QED) is 0.891. The Hall–Kier alpha value is -1.62. The molecule has 4 nitrogen and oxygen atoms in total. The summed E-state index contributed by atoms with van der Waals surface area (Å²) in [6.45, 7) is 3.84. The van der Waals surface area contributed by atoms with Crippen molar-refractivity contribution in [3.8, 4) is 0 Å². The minimum Gasteiger partial charge on any atom is -0.459 e. The van der Waals surface area contributed by atoms with Crippen molar-refractivity contribution in [1.82, 2.24) is 10.3 Å². The highest BCUT2D eigenvalue weighted by molar-refractivity contribution is 7.09. The standard InChI is InChI=1S/C11H12N2O2S/c1-7(9-6-16-8(2)13-9)12-11(14)10-4-3-5-15-10/h3-7H,1-2H3,(H,12,14). The molecule has 1 unspecified atom stereocenters. The highest BCUT2D eigenvalue weighted by Crippen LogP contribution is 2.16. The fraction of sp³-hybridized carbons (Fsp3) is 0.273. The molecule has 1 N–H and O–H groups in total. The Morgan fingerprint density at radius 3 is 3.00 bits per heavy atom. The van der Waals surface area contributed by atoms with E-state index < -0.39 is 0 Å². The van der Waals surface area contributed by atoms with E-state index in [1.807, 2.05) is 19.2 Å². The highest BCUT2D eigenvalue weighted by atomic mass is 32.1. The average molecular weight is 236 g/mol. The minimum absolute atomic E-state index is 0.109. The Bertz CT molecular complexity index is 476.